The maximum atomic E-state index is 13.3. The van der Waals surface area contributed by atoms with Crippen molar-refractivity contribution in [2.24, 2.45) is 5.73 Å². The zero-order valence-corrected chi connectivity index (χ0v) is 12.7. The van der Waals surface area contributed by atoms with Crippen molar-refractivity contribution in [3.05, 3.63) is 54.3 Å². The van der Waals surface area contributed by atoms with E-state index in [1.807, 2.05) is 24.4 Å². The van der Waals surface area contributed by atoms with Crippen LogP contribution in [0.25, 0.3) is 33.1 Å². The van der Waals surface area contributed by atoms with E-state index >= 15 is 0 Å². The number of carbonyl (C=O) groups excluding carboxylic acids is 1. The van der Waals surface area contributed by atoms with Gasteiger partial charge in [-0.25, -0.2) is 9.37 Å². The number of H-pyrrole nitrogens is 1. The quantitative estimate of drug-likeness (QED) is 0.602. The lowest BCUT2D eigenvalue weighted by Crippen LogP contribution is -2.11. The Balaban J connectivity index is 1.74. The summed E-state index contributed by atoms with van der Waals surface area (Å²) >= 11 is 0. The number of amides is 1. The average molecular weight is 323 g/mol. The molecule has 0 atom stereocenters. The van der Waals surface area contributed by atoms with Crippen molar-refractivity contribution in [2.75, 3.05) is 0 Å². The number of aromatic amines is 1. The molecule has 6 heteroatoms. The Labute approximate surface area is 136 Å². The molecule has 1 amide bonds. The molecule has 0 radical (unpaired) electrons. The van der Waals surface area contributed by atoms with E-state index in [0.717, 1.165) is 22.0 Å². The zero-order chi connectivity index (χ0) is 16.7. The highest BCUT2D eigenvalue weighted by Gasteiger charge is 2.11. The first-order valence-electron chi connectivity index (χ1n) is 7.55. The summed E-state index contributed by atoms with van der Waals surface area (Å²) in [4.78, 5) is 18.4. The second-order valence-electron chi connectivity index (χ2n) is 5.65. The minimum atomic E-state index is -0.385. The van der Waals surface area contributed by atoms with Gasteiger partial charge in [0.05, 0.1) is 0 Å². The Morgan fingerprint density at radius 1 is 1.25 bits per heavy atom. The number of primary amides is 1. The molecular weight excluding hydrogens is 309 g/mol. The molecule has 120 valence electrons. The molecule has 0 unspecified atom stereocenters. The third kappa shape index (κ3) is 2.52. The minimum Gasteiger partial charge on any atom is -0.441 e. The van der Waals surface area contributed by atoms with Gasteiger partial charge in [0.15, 0.2) is 11.5 Å². The normalized spacial score (nSPS) is 11.4. The number of aryl methyl sites for hydroxylation is 1. The fourth-order valence-corrected chi connectivity index (χ4v) is 2.82. The lowest BCUT2D eigenvalue weighted by Gasteiger charge is -1.99. The fraction of sp³-hybridized carbons (Fsp3) is 0.111. The summed E-state index contributed by atoms with van der Waals surface area (Å²) in [5.74, 6) is -0.173. The lowest BCUT2D eigenvalue weighted by atomic mass is 10.0. The summed E-state index contributed by atoms with van der Waals surface area (Å²) in [5, 5.41) is 0.938. The van der Waals surface area contributed by atoms with Crippen LogP contribution in [-0.2, 0) is 11.2 Å². The van der Waals surface area contributed by atoms with E-state index in [9.17, 15) is 9.18 Å². The number of halogens is 1. The largest absolute Gasteiger partial charge is 0.441 e. The molecule has 4 aromatic rings. The standard InChI is InChI=1S/C18H14FN3O2/c19-11-2-3-12-13(9-21-14(12)8-11)10-1-4-16-15(7-10)22-18(24-16)6-5-17(20)23/h1-4,7-9,21H,5-6H2,(H2,20,23). The molecule has 0 aliphatic heterocycles. The van der Waals surface area contributed by atoms with E-state index in [2.05, 4.69) is 9.97 Å². The molecule has 0 aliphatic rings. The van der Waals surface area contributed by atoms with Gasteiger partial charge < -0.3 is 15.1 Å². The van der Waals surface area contributed by atoms with Crippen molar-refractivity contribution in [3.63, 3.8) is 0 Å². The van der Waals surface area contributed by atoms with Gasteiger partial charge in [-0.2, -0.15) is 0 Å². The number of nitrogens with zero attached hydrogens (tertiary/aromatic N) is 1. The Morgan fingerprint density at radius 3 is 2.96 bits per heavy atom. The fourth-order valence-electron chi connectivity index (χ4n) is 2.82. The van der Waals surface area contributed by atoms with E-state index in [-0.39, 0.29) is 18.1 Å². The highest BCUT2D eigenvalue weighted by Crippen LogP contribution is 2.31. The van der Waals surface area contributed by atoms with Crippen LogP contribution < -0.4 is 5.73 Å². The highest BCUT2D eigenvalue weighted by molar-refractivity contribution is 5.97. The number of hydrogen-bond acceptors (Lipinski definition) is 3. The maximum Gasteiger partial charge on any atom is 0.217 e. The number of rotatable bonds is 4. The van der Waals surface area contributed by atoms with Crippen molar-refractivity contribution >= 4 is 27.9 Å². The van der Waals surface area contributed by atoms with E-state index in [1.54, 1.807) is 6.07 Å². The molecule has 0 bridgehead atoms. The van der Waals surface area contributed by atoms with Crippen molar-refractivity contribution in [3.8, 4) is 11.1 Å². The van der Waals surface area contributed by atoms with Crippen LogP contribution in [0.3, 0.4) is 0 Å². The first kappa shape index (κ1) is 14.4. The summed E-state index contributed by atoms with van der Waals surface area (Å²) in [6.07, 6.45) is 2.43. The molecule has 0 saturated carbocycles. The molecule has 5 nitrogen and oxygen atoms in total. The topological polar surface area (TPSA) is 84.9 Å². The minimum absolute atomic E-state index is 0.202. The number of benzene rings is 2. The van der Waals surface area contributed by atoms with Gasteiger partial charge in [0.2, 0.25) is 5.91 Å². The van der Waals surface area contributed by atoms with Crippen LogP contribution >= 0.6 is 0 Å². The number of nitrogens with two attached hydrogens (primary N) is 1. The third-order valence-corrected chi connectivity index (χ3v) is 3.97. The van der Waals surface area contributed by atoms with Crippen LogP contribution in [0, 0.1) is 5.82 Å². The van der Waals surface area contributed by atoms with Gasteiger partial charge in [-0.05, 0) is 35.9 Å². The Bertz CT molecular complexity index is 1060. The van der Waals surface area contributed by atoms with E-state index < -0.39 is 0 Å². The third-order valence-electron chi connectivity index (χ3n) is 3.97. The number of carbonyl (C=O) groups is 1. The zero-order valence-electron chi connectivity index (χ0n) is 12.7. The summed E-state index contributed by atoms with van der Waals surface area (Å²) < 4.78 is 18.9. The first-order valence-corrected chi connectivity index (χ1v) is 7.55. The summed E-state index contributed by atoms with van der Waals surface area (Å²) in [5.41, 5.74) is 9.18. The van der Waals surface area contributed by atoms with Crippen molar-refractivity contribution in [2.45, 2.75) is 12.8 Å². The van der Waals surface area contributed by atoms with Gasteiger partial charge >= 0.3 is 0 Å². The highest BCUT2D eigenvalue weighted by atomic mass is 19.1. The van der Waals surface area contributed by atoms with Crippen LogP contribution in [-0.4, -0.2) is 15.9 Å². The van der Waals surface area contributed by atoms with Gasteiger partial charge in [-0.15, -0.1) is 0 Å². The smallest absolute Gasteiger partial charge is 0.217 e. The predicted molar refractivity (Wildman–Crippen MR) is 88.8 cm³/mol. The number of nitrogens with one attached hydrogen (secondary N) is 1. The maximum absolute atomic E-state index is 13.3. The van der Waals surface area contributed by atoms with Gasteiger partial charge in [0, 0.05) is 35.5 Å². The van der Waals surface area contributed by atoms with Crippen LogP contribution in [0.2, 0.25) is 0 Å². The predicted octanol–water partition coefficient (Wildman–Crippen LogP) is 3.53. The first-order chi connectivity index (χ1) is 11.6. The molecule has 0 spiro atoms. The summed E-state index contributed by atoms with van der Waals surface area (Å²) in [6.45, 7) is 0. The number of aromatic nitrogens is 2. The van der Waals surface area contributed by atoms with E-state index in [1.165, 1.54) is 12.1 Å². The molecule has 0 aliphatic carbocycles. The molecule has 0 fully saturated rings. The molecule has 2 aromatic carbocycles. The molecule has 3 N–H and O–H groups in total. The molecular formula is C18H14FN3O2. The van der Waals surface area contributed by atoms with Crippen LogP contribution in [0.4, 0.5) is 4.39 Å². The van der Waals surface area contributed by atoms with Crippen molar-refractivity contribution < 1.29 is 13.6 Å². The Morgan fingerprint density at radius 2 is 2.12 bits per heavy atom. The monoisotopic (exact) mass is 323 g/mol. The molecule has 2 aromatic heterocycles. The van der Waals surface area contributed by atoms with E-state index in [4.69, 9.17) is 10.2 Å². The Hall–Kier alpha value is -3.15. The number of hydrogen-bond donors (Lipinski definition) is 2. The molecule has 24 heavy (non-hydrogen) atoms. The SMILES string of the molecule is NC(=O)CCc1nc2cc(-c3c[nH]c4cc(F)ccc34)ccc2o1. The summed E-state index contributed by atoms with van der Waals surface area (Å²) in [6, 6.07) is 10.3. The molecule has 4 rings (SSSR count). The van der Waals surface area contributed by atoms with Crippen molar-refractivity contribution in [1.82, 2.24) is 9.97 Å². The molecule has 0 saturated heterocycles. The lowest BCUT2D eigenvalue weighted by molar-refractivity contribution is -0.118. The van der Waals surface area contributed by atoms with Gasteiger partial charge in [-0.3, -0.25) is 4.79 Å². The van der Waals surface area contributed by atoms with Gasteiger partial charge in [-0.1, -0.05) is 6.07 Å². The van der Waals surface area contributed by atoms with Gasteiger partial charge in [0.25, 0.3) is 0 Å². The second-order valence-corrected chi connectivity index (χ2v) is 5.65. The van der Waals surface area contributed by atoms with Crippen LogP contribution in [0.15, 0.2) is 47.0 Å². The average Bonchev–Trinajstić information content (AvgIpc) is 3.14. The summed E-state index contributed by atoms with van der Waals surface area (Å²) in [7, 11) is 0. The van der Waals surface area contributed by atoms with Gasteiger partial charge in [0.1, 0.15) is 11.3 Å². The van der Waals surface area contributed by atoms with Crippen LogP contribution in [0.1, 0.15) is 12.3 Å². The number of oxazole rings is 1. The van der Waals surface area contributed by atoms with Crippen LogP contribution in [0.5, 0.6) is 0 Å². The van der Waals surface area contributed by atoms with Crippen molar-refractivity contribution in [1.29, 1.82) is 0 Å². The van der Waals surface area contributed by atoms with E-state index in [0.29, 0.717) is 23.4 Å². The molecule has 2 heterocycles. The Kier molecular flexibility index (Phi) is 3.30. The second kappa shape index (κ2) is 5.49. The number of fused-ring (bicyclic) bond motifs is 2.